The van der Waals surface area contributed by atoms with Gasteiger partial charge in [0.25, 0.3) is 0 Å². The van der Waals surface area contributed by atoms with Crippen LogP contribution in [0.5, 0.6) is 0 Å². The van der Waals surface area contributed by atoms with Crippen LogP contribution in [0.3, 0.4) is 0 Å². The first-order valence-electron chi connectivity index (χ1n) is 6.94. The number of ether oxygens (including phenoxy) is 1. The number of fused-ring (bicyclic) bond motifs is 3. The highest BCUT2D eigenvalue weighted by Gasteiger charge is 2.34. The van der Waals surface area contributed by atoms with Gasteiger partial charge >= 0.3 is 5.97 Å². The third-order valence-corrected chi connectivity index (χ3v) is 4.33. The Kier molecular flexibility index (Phi) is 3.42. The molecule has 102 valence electrons. The summed E-state index contributed by atoms with van der Waals surface area (Å²) in [5.41, 5.74) is 1.52. The lowest BCUT2D eigenvalue weighted by Crippen LogP contribution is -2.53. The number of carbonyl (C=O) groups excluding carboxylic acids is 1. The predicted molar refractivity (Wildman–Crippen MR) is 74.4 cm³/mol. The maximum atomic E-state index is 11.8. The van der Waals surface area contributed by atoms with Crippen LogP contribution in [0.1, 0.15) is 23.2 Å². The topological polar surface area (TPSA) is 41.6 Å². The van der Waals surface area contributed by atoms with Crippen LogP contribution < -0.4 is 5.32 Å². The minimum Gasteiger partial charge on any atom is -0.465 e. The standard InChI is InChI=1S/C15H20N2O2/c1-19-15(18)12-4-2-3-5-13(12)16-14-10-17-8-6-11(14)7-9-17/h2-5,11,14,16H,6-10H2,1H3. The van der Waals surface area contributed by atoms with E-state index in [0.717, 1.165) is 18.2 Å². The molecule has 4 rings (SSSR count). The number of benzene rings is 1. The van der Waals surface area contributed by atoms with Gasteiger partial charge in [0.15, 0.2) is 0 Å². The van der Waals surface area contributed by atoms with Crippen molar-refractivity contribution in [2.45, 2.75) is 18.9 Å². The van der Waals surface area contributed by atoms with Gasteiger partial charge in [-0.25, -0.2) is 4.79 Å². The monoisotopic (exact) mass is 260 g/mol. The van der Waals surface area contributed by atoms with Crippen LogP contribution in [0.2, 0.25) is 0 Å². The van der Waals surface area contributed by atoms with Crippen molar-refractivity contribution in [3.8, 4) is 0 Å². The molecule has 1 atom stereocenters. The number of carbonyl (C=O) groups is 1. The Balaban J connectivity index is 1.78. The minimum atomic E-state index is -0.274. The second kappa shape index (κ2) is 5.21. The average Bonchev–Trinajstić information content (AvgIpc) is 2.48. The number of hydrogen-bond donors (Lipinski definition) is 1. The van der Waals surface area contributed by atoms with Crippen molar-refractivity contribution >= 4 is 11.7 Å². The maximum Gasteiger partial charge on any atom is 0.339 e. The van der Waals surface area contributed by atoms with E-state index < -0.39 is 0 Å². The van der Waals surface area contributed by atoms with Crippen molar-refractivity contribution in [3.63, 3.8) is 0 Å². The molecule has 1 aromatic rings. The highest BCUT2D eigenvalue weighted by molar-refractivity contribution is 5.95. The van der Waals surface area contributed by atoms with Gasteiger partial charge in [0.05, 0.1) is 12.7 Å². The highest BCUT2D eigenvalue weighted by atomic mass is 16.5. The molecular weight excluding hydrogens is 240 g/mol. The van der Waals surface area contributed by atoms with Gasteiger partial charge in [-0.3, -0.25) is 0 Å². The smallest absolute Gasteiger partial charge is 0.339 e. The Bertz CT molecular complexity index is 467. The largest absolute Gasteiger partial charge is 0.465 e. The summed E-state index contributed by atoms with van der Waals surface area (Å²) in [7, 11) is 1.42. The molecule has 2 bridgehead atoms. The first-order valence-corrected chi connectivity index (χ1v) is 6.94. The van der Waals surface area contributed by atoms with E-state index in [2.05, 4.69) is 10.2 Å². The van der Waals surface area contributed by atoms with E-state index in [1.165, 1.54) is 33.0 Å². The number of hydrogen-bond acceptors (Lipinski definition) is 4. The Labute approximate surface area is 113 Å². The molecule has 0 saturated carbocycles. The van der Waals surface area contributed by atoms with Gasteiger partial charge in [0.1, 0.15) is 0 Å². The molecule has 3 fully saturated rings. The summed E-state index contributed by atoms with van der Waals surface area (Å²) >= 11 is 0. The van der Waals surface area contributed by atoms with Crippen LogP contribution >= 0.6 is 0 Å². The molecule has 3 saturated heterocycles. The quantitative estimate of drug-likeness (QED) is 0.844. The van der Waals surface area contributed by atoms with Gasteiger partial charge in [-0.1, -0.05) is 12.1 Å². The molecule has 4 nitrogen and oxygen atoms in total. The number of para-hydroxylation sites is 1. The fourth-order valence-corrected chi connectivity index (χ4v) is 3.23. The van der Waals surface area contributed by atoms with Crippen molar-refractivity contribution in [1.29, 1.82) is 0 Å². The zero-order valence-electron chi connectivity index (χ0n) is 11.3. The SMILES string of the molecule is COC(=O)c1ccccc1NC1CN2CCC1CC2. The third kappa shape index (κ3) is 2.45. The summed E-state index contributed by atoms with van der Waals surface area (Å²) in [6.07, 6.45) is 2.52. The van der Waals surface area contributed by atoms with Gasteiger partial charge in [0, 0.05) is 18.3 Å². The fourth-order valence-electron chi connectivity index (χ4n) is 3.23. The molecule has 4 heteroatoms. The first-order chi connectivity index (χ1) is 9.28. The average molecular weight is 260 g/mol. The van der Waals surface area contributed by atoms with Gasteiger partial charge in [0.2, 0.25) is 0 Å². The molecular formula is C15H20N2O2. The molecule has 0 aromatic heterocycles. The number of nitrogens with zero attached hydrogens (tertiary/aromatic N) is 1. The highest BCUT2D eigenvalue weighted by Crippen LogP contribution is 2.30. The Morgan fingerprint density at radius 3 is 2.68 bits per heavy atom. The summed E-state index contributed by atoms with van der Waals surface area (Å²) in [6.45, 7) is 3.53. The van der Waals surface area contributed by atoms with E-state index in [4.69, 9.17) is 4.74 Å². The van der Waals surface area contributed by atoms with Gasteiger partial charge < -0.3 is 15.0 Å². The van der Waals surface area contributed by atoms with Gasteiger partial charge in [-0.05, 0) is 44.0 Å². The Morgan fingerprint density at radius 2 is 2.05 bits per heavy atom. The lowest BCUT2D eigenvalue weighted by atomic mass is 9.84. The molecule has 0 amide bonds. The lowest BCUT2D eigenvalue weighted by molar-refractivity contribution is 0.0601. The van der Waals surface area contributed by atoms with E-state index in [9.17, 15) is 4.79 Å². The van der Waals surface area contributed by atoms with Crippen molar-refractivity contribution in [2.24, 2.45) is 5.92 Å². The lowest BCUT2D eigenvalue weighted by Gasteiger charge is -2.45. The maximum absolute atomic E-state index is 11.8. The molecule has 3 aliphatic heterocycles. The Morgan fingerprint density at radius 1 is 1.32 bits per heavy atom. The van der Waals surface area contributed by atoms with Crippen molar-refractivity contribution < 1.29 is 9.53 Å². The summed E-state index contributed by atoms with van der Waals surface area (Å²) in [4.78, 5) is 14.3. The van der Waals surface area contributed by atoms with Crippen molar-refractivity contribution in [2.75, 3.05) is 32.1 Å². The normalized spacial score (nSPS) is 29.0. The number of piperidine rings is 3. The molecule has 0 aliphatic carbocycles. The first kappa shape index (κ1) is 12.5. The zero-order valence-corrected chi connectivity index (χ0v) is 11.3. The number of rotatable bonds is 3. The molecule has 19 heavy (non-hydrogen) atoms. The minimum absolute atomic E-state index is 0.274. The van der Waals surface area contributed by atoms with Crippen LogP contribution in [0.25, 0.3) is 0 Å². The number of anilines is 1. The molecule has 1 N–H and O–H groups in total. The Hall–Kier alpha value is -1.55. The summed E-state index contributed by atoms with van der Waals surface area (Å²) in [5, 5.41) is 3.55. The van der Waals surface area contributed by atoms with E-state index in [0.29, 0.717) is 11.6 Å². The number of methoxy groups -OCH3 is 1. The predicted octanol–water partition coefficient (Wildman–Crippen LogP) is 1.98. The molecule has 0 radical (unpaired) electrons. The summed E-state index contributed by atoms with van der Waals surface area (Å²) in [5.74, 6) is 0.458. The summed E-state index contributed by atoms with van der Waals surface area (Å²) < 4.78 is 4.84. The van der Waals surface area contributed by atoms with E-state index >= 15 is 0 Å². The van der Waals surface area contributed by atoms with Crippen LogP contribution in [0, 0.1) is 5.92 Å². The molecule has 3 aliphatic rings. The third-order valence-electron chi connectivity index (χ3n) is 4.33. The molecule has 1 unspecified atom stereocenters. The summed E-state index contributed by atoms with van der Waals surface area (Å²) in [6, 6.07) is 8.05. The van der Waals surface area contributed by atoms with Crippen molar-refractivity contribution in [1.82, 2.24) is 4.90 Å². The second-order valence-electron chi connectivity index (χ2n) is 5.43. The van der Waals surface area contributed by atoms with E-state index in [1.54, 1.807) is 0 Å². The van der Waals surface area contributed by atoms with Crippen LogP contribution in [0.15, 0.2) is 24.3 Å². The number of nitrogens with one attached hydrogen (secondary N) is 1. The molecule has 1 aromatic carbocycles. The second-order valence-corrected chi connectivity index (χ2v) is 5.43. The molecule has 0 spiro atoms. The van der Waals surface area contributed by atoms with E-state index in [1.807, 2.05) is 24.3 Å². The molecule has 3 heterocycles. The van der Waals surface area contributed by atoms with Gasteiger partial charge in [-0.2, -0.15) is 0 Å². The fraction of sp³-hybridized carbons (Fsp3) is 0.533. The van der Waals surface area contributed by atoms with Crippen LogP contribution in [-0.2, 0) is 4.74 Å². The van der Waals surface area contributed by atoms with Crippen LogP contribution in [-0.4, -0.2) is 43.7 Å². The van der Waals surface area contributed by atoms with Crippen molar-refractivity contribution in [3.05, 3.63) is 29.8 Å². The van der Waals surface area contributed by atoms with Crippen LogP contribution in [0.4, 0.5) is 5.69 Å². The van der Waals surface area contributed by atoms with E-state index in [-0.39, 0.29) is 5.97 Å². The number of esters is 1. The van der Waals surface area contributed by atoms with Gasteiger partial charge in [-0.15, -0.1) is 0 Å². The zero-order chi connectivity index (χ0) is 13.2.